The van der Waals surface area contributed by atoms with Gasteiger partial charge in [-0.1, -0.05) is 23.7 Å². The fourth-order valence-electron chi connectivity index (χ4n) is 2.33. The van der Waals surface area contributed by atoms with Gasteiger partial charge in [0.2, 0.25) is 0 Å². The summed E-state index contributed by atoms with van der Waals surface area (Å²) in [5.74, 6) is -1.03. The highest BCUT2D eigenvalue weighted by Crippen LogP contribution is 2.26. The van der Waals surface area contributed by atoms with Crippen LogP contribution in [-0.4, -0.2) is 7.05 Å². The van der Waals surface area contributed by atoms with Gasteiger partial charge in [-0.25, -0.2) is 8.78 Å². The van der Waals surface area contributed by atoms with E-state index in [2.05, 4.69) is 5.32 Å². The molecule has 0 aliphatic heterocycles. The van der Waals surface area contributed by atoms with Crippen molar-refractivity contribution >= 4 is 11.6 Å². The first-order chi connectivity index (χ1) is 9.52. The molecule has 0 spiro atoms. The van der Waals surface area contributed by atoms with Crippen LogP contribution < -0.4 is 5.32 Å². The van der Waals surface area contributed by atoms with Gasteiger partial charge >= 0.3 is 0 Å². The molecule has 4 heteroatoms. The molecule has 0 saturated carbocycles. The Morgan fingerprint density at radius 3 is 2.35 bits per heavy atom. The van der Waals surface area contributed by atoms with Gasteiger partial charge in [0.05, 0.1) is 0 Å². The lowest BCUT2D eigenvalue weighted by Crippen LogP contribution is -2.21. The fourth-order valence-corrected chi connectivity index (χ4v) is 2.56. The van der Waals surface area contributed by atoms with E-state index in [4.69, 9.17) is 11.6 Å². The summed E-state index contributed by atoms with van der Waals surface area (Å²) in [6, 6.07) is 9.27. The first kappa shape index (κ1) is 14.9. The maximum atomic E-state index is 13.7. The van der Waals surface area contributed by atoms with E-state index in [1.165, 1.54) is 18.2 Å². The summed E-state index contributed by atoms with van der Waals surface area (Å²) in [4.78, 5) is 0. The SMILES string of the molecule is CNC(Cc1c(F)cccc1F)c1ccc(Cl)cc1C. The van der Waals surface area contributed by atoms with Gasteiger partial charge in [0.1, 0.15) is 11.6 Å². The number of hydrogen-bond donors (Lipinski definition) is 1. The standard InChI is InChI=1S/C16H16ClF2N/c1-10-8-11(17)6-7-12(10)16(20-2)9-13-14(18)4-3-5-15(13)19/h3-8,16,20H,9H2,1-2H3. The summed E-state index contributed by atoms with van der Waals surface area (Å²) in [6.07, 6.45) is 0.247. The Labute approximate surface area is 122 Å². The van der Waals surface area contributed by atoms with E-state index in [0.717, 1.165) is 11.1 Å². The molecule has 1 nitrogen and oxygen atoms in total. The molecule has 1 unspecified atom stereocenters. The molecule has 0 heterocycles. The number of rotatable bonds is 4. The van der Waals surface area contributed by atoms with Crippen molar-refractivity contribution in [3.05, 3.63) is 69.7 Å². The molecule has 0 bridgehead atoms. The number of likely N-dealkylation sites (N-methyl/N-ethyl adjacent to an activating group) is 1. The summed E-state index contributed by atoms with van der Waals surface area (Å²) < 4.78 is 27.5. The average molecular weight is 296 g/mol. The first-order valence-corrected chi connectivity index (χ1v) is 6.77. The minimum atomic E-state index is -0.517. The fraction of sp³-hybridized carbons (Fsp3) is 0.250. The Bertz CT molecular complexity index is 593. The zero-order valence-corrected chi connectivity index (χ0v) is 12.1. The van der Waals surface area contributed by atoms with Gasteiger partial charge in [0.25, 0.3) is 0 Å². The van der Waals surface area contributed by atoms with E-state index < -0.39 is 11.6 Å². The van der Waals surface area contributed by atoms with Crippen LogP contribution in [0.4, 0.5) is 8.78 Å². The lowest BCUT2D eigenvalue weighted by molar-refractivity contribution is 0.514. The molecule has 0 aliphatic carbocycles. The second kappa shape index (κ2) is 6.33. The van der Waals surface area contributed by atoms with E-state index in [-0.39, 0.29) is 18.0 Å². The monoisotopic (exact) mass is 295 g/mol. The van der Waals surface area contributed by atoms with Crippen molar-refractivity contribution in [1.29, 1.82) is 0 Å². The van der Waals surface area contributed by atoms with Crippen molar-refractivity contribution in [2.45, 2.75) is 19.4 Å². The van der Waals surface area contributed by atoms with Gasteiger partial charge in [-0.15, -0.1) is 0 Å². The number of aryl methyl sites for hydroxylation is 1. The van der Waals surface area contributed by atoms with Crippen LogP contribution in [0.5, 0.6) is 0 Å². The Morgan fingerprint density at radius 2 is 1.80 bits per heavy atom. The predicted octanol–water partition coefficient (Wildman–Crippen LogP) is 4.43. The maximum Gasteiger partial charge on any atom is 0.129 e. The van der Waals surface area contributed by atoms with E-state index in [0.29, 0.717) is 5.02 Å². The third kappa shape index (κ3) is 3.17. The Hall–Kier alpha value is -1.45. The van der Waals surface area contributed by atoms with E-state index in [9.17, 15) is 8.78 Å². The first-order valence-electron chi connectivity index (χ1n) is 6.39. The average Bonchev–Trinajstić information content (AvgIpc) is 2.40. The van der Waals surface area contributed by atoms with Crippen molar-refractivity contribution in [1.82, 2.24) is 5.32 Å². The number of nitrogens with one attached hydrogen (secondary N) is 1. The molecule has 106 valence electrons. The lowest BCUT2D eigenvalue weighted by atomic mass is 9.95. The second-order valence-electron chi connectivity index (χ2n) is 4.75. The van der Waals surface area contributed by atoms with Crippen LogP contribution in [0.1, 0.15) is 22.7 Å². The molecule has 2 rings (SSSR count). The van der Waals surface area contributed by atoms with E-state index in [1.54, 1.807) is 13.1 Å². The number of halogens is 3. The van der Waals surface area contributed by atoms with Crippen LogP contribution >= 0.6 is 11.6 Å². The van der Waals surface area contributed by atoms with Gasteiger partial charge in [-0.05, 0) is 55.8 Å². The number of hydrogen-bond acceptors (Lipinski definition) is 1. The van der Waals surface area contributed by atoms with Gasteiger partial charge < -0.3 is 5.32 Å². The van der Waals surface area contributed by atoms with Crippen LogP contribution in [0.15, 0.2) is 36.4 Å². The van der Waals surface area contributed by atoms with E-state index in [1.807, 2.05) is 19.1 Å². The predicted molar refractivity (Wildman–Crippen MR) is 78.1 cm³/mol. The van der Waals surface area contributed by atoms with Gasteiger partial charge in [-0.3, -0.25) is 0 Å². The molecule has 0 aliphatic rings. The van der Waals surface area contributed by atoms with Gasteiger partial charge in [0, 0.05) is 16.6 Å². The molecule has 2 aromatic carbocycles. The maximum absolute atomic E-state index is 13.7. The largest absolute Gasteiger partial charge is 0.313 e. The smallest absolute Gasteiger partial charge is 0.129 e. The minimum absolute atomic E-state index is 0.0983. The van der Waals surface area contributed by atoms with Crippen LogP contribution in [-0.2, 0) is 6.42 Å². The van der Waals surface area contributed by atoms with Crippen molar-refractivity contribution < 1.29 is 8.78 Å². The molecule has 0 radical (unpaired) electrons. The molecule has 0 amide bonds. The summed E-state index contributed by atoms with van der Waals surface area (Å²) in [7, 11) is 1.78. The van der Waals surface area contributed by atoms with Gasteiger partial charge in [-0.2, -0.15) is 0 Å². The third-order valence-corrected chi connectivity index (χ3v) is 3.66. The molecule has 20 heavy (non-hydrogen) atoms. The van der Waals surface area contributed by atoms with Crippen molar-refractivity contribution in [2.75, 3.05) is 7.05 Å². The zero-order chi connectivity index (χ0) is 14.7. The molecular formula is C16H16ClF2N. The van der Waals surface area contributed by atoms with Crippen molar-refractivity contribution in [3.63, 3.8) is 0 Å². The van der Waals surface area contributed by atoms with Crippen LogP contribution in [0, 0.1) is 18.6 Å². The molecule has 0 aromatic heterocycles. The quantitative estimate of drug-likeness (QED) is 0.880. The van der Waals surface area contributed by atoms with E-state index >= 15 is 0 Å². The molecule has 1 N–H and O–H groups in total. The number of benzene rings is 2. The highest BCUT2D eigenvalue weighted by Gasteiger charge is 2.17. The van der Waals surface area contributed by atoms with Crippen LogP contribution in [0.25, 0.3) is 0 Å². The summed E-state index contributed by atoms with van der Waals surface area (Å²) >= 11 is 5.94. The summed E-state index contributed by atoms with van der Waals surface area (Å²) in [5, 5.41) is 3.76. The van der Waals surface area contributed by atoms with Crippen LogP contribution in [0.3, 0.4) is 0 Å². The van der Waals surface area contributed by atoms with Crippen molar-refractivity contribution in [2.24, 2.45) is 0 Å². The molecule has 2 aromatic rings. The minimum Gasteiger partial charge on any atom is -0.313 e. The molecular weight excluding hydrogens is 280 g/mol. The molecule has 0 saturated heterocycles. The van der Waals surface area contributed by atoms with Crippen LogP contribution in [0.2, 0.25) is 5.02 Å². The molecule has 1 atom stereocenters. The topological polar surface area (TPSA) is 12.0 Å². The zero-order valence-electron chi connectivity index (χ0n) is 11.4. The Balaban J connectivity index is 2.34. The highest BCUT2D eigenvalue weighted by molar-refractivity contribution is 6.30. The second-order valence-corrected chi connectivity index (χ2v) is 5.18. The van der Waals surface area contributed by atoms with Gasteiger partial charge in [0.15, 0.2) is 0 Å². The third-order valence-electron chi connectivity index (χ3n) is 3.43. The Morgan fingerprint density at radius 1 is 1.15 bits per heavy atom. The molecule has 0 fully saturated rings. The Kier molecular flexibility index (Phi) is 4.73. The summed E-state index contributed by atoms with van der Waals surface area (Å²) in [5.41, 5.74) is 2.08. The highest BCUT2D eigenvalue weighted by atomic mass is 35.5. The summed E-state index contributed by atoms with van der Waals surface area (Å²) in [6.45, 7) is 1.93. The lowest BCUT2D eigenvalue weighted by Gasteiger charge is -2.20. The van der Waals surface area contributed by atoms with Crippen molar-refractivity contribution in [3.8, 4) is 0 Å². The normalized spacial score (nSPS) is 12.4.